The van der Waals surface area contributed by atoms with Gasteiger partial charge in [-0.05, 0) is 43.6 Å². The summed E-state index contributed by atoms with van der Waals surface area (Å²) in [4.78, 5) is 15.7. The molecule has 1 aliphatic rings. The molecule has 1 aliphatic heterocycles. The van der Waals surface area contributed by atoms with Crippen LogP contribution in [0.5, 0.6) is 0 Å². The number of nitrogens with one attached hydrogen (secondary N) is 2. The first-order valence-corrected chi connectivity index (χ1v) is 9.04. The van der Waals surface area contributed by atoms with Gasteiger partial charge < -0.3 is 10.6 Å². The minimum Gasteiger partial charge on any atom is -0.336 e. The summed E-state index contributed by atoms with van der Waals surface area (Å²) in [7, 11) is 0. The predicted octanol–water partition coefficient (Wildman–Crippen LogP) is 3.30. The fraction of sp³-hybridized carbons (Fsp3) is 0.706. The van der Waals surface area contributed by atoms with E-state index in [9.17, 15) is 4.79 Å². The largest absolute Gasteiger partial charge is 0.336 e. The van der Waals surface area contributed by atoms with Crippen molar-refractivity contribution < 1.29 is 4.79 Å². The van der Waals surface area contributed by atoms with Gasteiger partial charge in [-0.3, -0.25) is 4.90 Å². The van der Waals surface area contributed by atoms with Crippen LogP contribution in [0.2, 0.25) is 0 Å². The van der Waals surface area contributed by atoms with E-state index in [0.29, 0.717) is 13.1 Å². The number of hydrogen-bond acceptors (Lipinski definition) is 3. The Kier molecular flexibility index (Phi) is 5.87. The standard InChI is InChI=1S/C17H29N3OS/c1-13-8-14(2)11-20(10-13)17(3,4)12-19-16(21)18-9-15-6-5-7-22-15/h5-7,13-14H,8-12H2,1-4H3,(H2,18,19,21). The van der Waals surface area contributed by atoms with Crippen LogP contribution in [0.25, 0.3) is 0 Å². The summed E-state index contributed by atoms with van der Waals surface area (Å²) in [5, 5.41) is 7.97. The lowest BCUT2D eigenvalue weighted by Gasteiger charge is -2.45. The molecule has 2 amide bonds. The Balaban J connectivity index is 1.77. The molecule has 124 valence electrons. The van der Waals surface area contributed by atoms with E-state index in [4.69, 9.17) is 0 Å². The molecule has 5 heteroatoms. The molecular formula is C17H29N3OS. The second kappa shape index (κ2) is 7.47. The molecular weight excluding hydrogens is 294 g/mol. The van der Waals surface area contributed by atoms with E-state index in [1.54, 1.807) is 11.3 Å². The zero-order valence-electron chi connectivity index (χ0n) is 14.2. The summed E-state index contributed by atoms with van der Waals surface area (Å²) in [6.45, 7) is 12.6. The monoisotopic (exact) mass is 323 g/mol. The lowest BCUT2D eigenvalue weighted by Crippen LogP contribution is -2.56. The van der Waals surface area contributed by atoms with Gasteiger partial charge in [-0.25, -0.2) is 4.79 Å². The normalized spacial score (nSPS) is 23.3. The number of rotatable bonds is 5. The Bertz CT molecular complexity index is 462. The van der Waals surface area contributed by atoms with Gasteiger partial charge in [0.2, 0.25) is 0 Å². The Morgan fingerprint density at radius 2 is 2.00 bits per heavy atom. The third kappa shape index (κ3) is 4.99. The number of piperidine rings is 1. The topological polar surface area (TPSA) is 44.4 Å². The van der Waals surface area contributed by atoms with Gasteiger partial charge in [-0.1, -0.05) is 19.9 Å². The summed E-state index contributed by atoms with van der Waals surface area (Å²) < 4.78 is 0. The molecule has 4 nitrogen and oxygen atoms in total. The molecule has 2 heterocycles. The van der Waals surface area contributed by atoms with Crippen LogP contribution in [0.3, 0.4) is 0 Å². The second-order valence-corrected chi connectivity index (χ2v) is 8.31. The van der Waals surface area contributed by atoms with Crippen molar-refractivity contribution in [3.8, 4) is 0 Å². The van der Waals surface area contributed by atoms with Crippen LogP contribution in [0.4, 0.5) is 4.79 Å². The van der Waals surface area contributed by atoms with Gasteiger partial charge in [0, 0.05) is 30.1 Å². The number of nitrogens with zero attached hydrogens (tertiary/aromatic N) is 1. The number of amides is 2. The molecule has 1 fully saturated rings. The number of thiophene rings is 1. The van der Waals surface area contributed by atoms with E-state index in [1.807, 2.05) is 17.5 Å². The fourth-order valence-corrected chi connectivity index (χ4v) is 3.85. The van der Waals surface area contributed by atoms with Crippen LogP contribution in [0.15, 0.2) is 17.5 Å². The summed E-state index contributed by atoms with van der Waals surface area (Å²) in [5.74, 6) is 1.46. The zero-order chi connectivity index (χ0) is 16.2. The minimum atomic E-state index is -0.0837. The predicted molar refractivity (Wildman–Crippen MR) is 93.2 cm³/mol. The summed E-state index contributed by atoms with van der Waals surface area (Å²) >= 11 is 1.66. The van der Waals surface area contributed by atoms with Crippen LogP contribution in [0.1, 0.15) is 39.0 Å². The number of hydrogen-bond donors (Lipinski definition) is 2. The Labute approximate surface area is 138 Å². The van der Waals surface area contributed by atoms with Crippen LogP contribution in [-0.2, 0) is 6.54 Å². The Morgan fingerprint density at radius 1 is 1.32 bits per heavy atom. The molecule has 1 aromatic heterocycles. The molecule has 22 heavy (non-hydrogen) atoms. The molecule has 0 radical (unpaired) electrons. The molecule has 0 saturated carbocycles. The van der Waals surface area contributed by atoms with E-state index in [-0.39, 0.29) is 11.6 Å². The molecule has 2 unspecified atom stereocenters. The Hall–Kier alpha value is -1.07. The van der Waals surface area contributed by atoms with Crippen molar-refractivity contribution in [2.24, 2.45) is 11.8 Å². The van der Waals surface area contributed by atoms with Crippen LogP contribution in [0, 0.1) is 11.8 Å². The van der Waals surface area contributed by atoms with E-state index in [2.05, 4.69) is 43.2 Å². The van der Waals surface area contributed by atoms with Crippen molar-refractivity contribution >= 4 is 17.4 Å². The first-order chi connectivity index (χ1) is 10.4. The molecule has 0 aliphatic carbocycles. The van der Waals surface area contributed by atoms with Crippen molar-refractivity contribution in [3.63, 3.8) is 0 Å². The van der Waals surface area contributed by atoms with Gasteiger partial charge in [0.25, 0.3) is 0 Å². The third-order valence-corrected chi connectivity index (χ3v) is 5.29. The molecule has 0 aromatic carbocycles. The van der Waals surface area contributed by atoms with E-state index in [0.717, 1.165) is 24.9 Å². The van der Waals surface area contributed by atoms with Crippen LogP contribution >= 0.6 is 11.3 Å². The van der Waals surface area contributed by atoms with Gasteiger partial charge in [0.15, 0.2) is 0 Å². The first kappa shape index (κ1) is 17.3. The molecule has 1 aromatic rings. The average molecular weight is 324 g/mol. The van der Waals surface area contributed by atoms with Gasteiger partial charge in [0.1, 0.15) is 0 Å². The summed E-state index contributed by atoms with van der Waals surface area (Å²) in [6, 6.07) is 3.95. The van der Waals surface area contributed by atoms with Crippen molar-refractivity contribution in [2.45, 2.75) is 46.2 Å². The van der Waals surface area contributed by atoms with Gasteiger partial charge >= 0.3 is 6.03 Å². The highest BCUT2D eigenvalue weighted by atomic mass is 32.1. The van der Waals surface area contributed by atoms with Crippen LogP contribution < -0.4 is 10.6 Å². The SMILES string of the molecule is CC1CC(C)CN(C(C)(C)CNC(=O)NCc2cccs2)C1. The number of carbonyl (C=O) groups is 1. The second-order valence-electron chi connectivity index (χ2n) is 7.28. The lowest BCUT2D eigenvalue weighted by atomic mass is 9.88. The smallest absolute Gasteiger partial charge is 0.315 e. The van der Waals surface area contributed by atoms with Crippen molar-refractivity contribution in [1.82, 2.24) is 15.5 Å². The van der Waals surface area contributed by atoms with Gasteiger partial charge in [-0.15, -0.1) is 11.3 Å². The molecule has 0 spiro atoms. The summed E-state index contributed by atoms with van der Waals surface area (Å²) in [5.41, 5.74) is -0.0107. The molecule has 0 bridgehead atoms. The first-order valence-electron chi connectivity index (χ1n) is 8.16. The molecule has 2 rings (SSSR count). The van der Waals surface area contributed by atoms with E-state index in [1.165, 1.54) is 11.3 Å². The highest BCUT2D eigenvalue weighted by Crippen LogP contribution is 2.26. The number of carbonyl (C=O) groups excluding carboxylic acids is 1. The highest BCUT2D eigenvalue weighted by molar-refractivity contribution is 7.09. The average Bonchev–Trinajstić information content (AvgIpc) is 2.95. The third-order valence-electron chi connectivity index (χ3n) is 4.41. The van der Waals surface area contributed by atoms with E-state index < -0.39 is 0 Å². The summed E-state index contributed by atoms with van der Waals surface area (Å²) in [6.07, 6.45) is 1.31. The highest BCUT2D eigenvalue weighted by Gasteiger charge is 2.32. The van der Waals surface area contributed by atoms with Crippen LogP contribution in [-0.4, -0.2) is 36.1 Å². The fourth-order valence-electron chi connectivity index (χ4n) is 3.21. The van der Waals surface area contributed by atoms with Crippen molar-refractivity contribution in [2.75, 3.05) is 19.6 Å². The zero-order valence-corrected chi connectivity index (χ0v) is 15.0. The Morgan fingerprint density at radius 3 is 2.59 bits per heavy atom. The molecule has 2 atom stereocenters. The van der Waals surface area contributed by atoms with E-state index >= 15 is 0 Å². The van der Waals surface area contributed by atoms with Gasteiger partial charge in [0.05, 0.1) is 6.54 Å². The quantitative estimate of drug-likeness (QED) is 0.873. The maximum atomic E-state index is 12.0. The van der Waals surface area contributed by atoms with Gasteiger partial charge in [-0.2, -0.15) is 0 Å². The lowest BCUT2D eigenvalue weighted by molar-refractivity contribution is 0.0472. The molecule has 1 saturated heterocycles. The number of likely N-dealkylation sites (tertiary alicyclic amines) is 1. The maximum Gasteiger partial charge on any atom is 0.315 e. The number of urea groups is 1. The van der Waals surface area contributed by atoms with Crippen molar-refractivity contribution in [3.05, 3.63) is 22.4 Å². The van der Waals surface area contributed by atoms with Crippen molar-refractivity contribution in [1.29, 1.82) is 0 Å². The molecule has 2 N–H and O–H groups in total. The minimum absolute atomic E-state index is 0.0107. The maximum absolute atomic E-state index is 12.0.